The second-order valence-corrected chi connectivity index (χ2v) is 6.64. The second kappa shape index (κ2) is 14.1. The van der Waals surface area contributed by atoms with E-state index >= 15 is 0 Å². The summed E-state index contributed by atoms with van der Waals surface area (Å²) in [5.74, 6) is 9.04. The first-order chi connectivity index (χ1) is 14.2. The number of rotatable bonds is 6. The molecular weight excluding hydrogens is 382 g/mol. The molecule has 0 saturated carbocycles. The van der Waals surface area contributed by atoms with Crippen LogP contribution in [0.1, 0.15) is 57.0 Å². The summed E-state index contributed by atoms with van der Waals surface area (Å²) >= 11 is 0. The number of nitrogens with two attached hydrogens (primary N) is 2. The van der Waals surface area contributed by atoms with E-state index < -0.39 is 11.9 Å². The minimum absolute atomic E-state index is 0.246. The molecule has 30 heavy (non-hydrogen) atoms. The topological polar surface area (TPSA) is 144 Å². The van der Waals surface area contributed by atoms with E-state index in [-0.39, 0.29) is 6.42 Å². The van der Waals surface area contributed by atoms with Crippen molar-refractivity contribution in [1.82, 2.24) is 20.2 Å². The van der Waals surface area contributed by atoms with Gasteiger partial charge in [0, 0.05) is 30.9 Å². The molecule has 2 heterocycles. The van der Waals surface area contributed by atoms with Crippen molar-refractivity contribution in [3.05, 3.63) is 35.3 Å². The Morgan fingerprint density at radius 3 is 2.30 bits per heavy atom. The molecule has 168 valence electrons. The number of amidine groups is 1. The number of nitrogens with one attached hydrogen (secondary N) is 1. The highest BCUT2D eigenvalue weighted by molar-refractivity contribution is 5.85. The molecule has 9 nitrogen and oxygen atoms in total. The van der Waals surface area contributed by atoms with E-state index in [2.05, 4.69) is 33.6 Å². The minimum atomic E-state index is -0.849. The van der Waals surface area contributed by atoms with Crippen LogP contribution in [-0.4, -0.2) is 31.7 Å². The Morgan fingerprint density at radius 2 is 1.93 bits per heavy atom. The zero-order valence-corrected chi connectivity index (χ0v) is 19.2. The van der Waals surface area contributed by atoms with Gasteiger partial charge in [0.2, 0.25) is 0 Å². The predicted octanol–water partition coefficient (Wildman–Crippen LogP) is 3.05. The van der Waals surface area contributed by atoms with Crippen molar-refractivity contribution in [2.24, 2.45) is 29.8 Å². The number of nitrogens with zero attached hydrogens (tertiary/aromatic N) is 4. The zero-order chi connectivity index (χ0) is 23.3. The Morgan fingerprint density at radius 1 is 1.30 bits per heavy atom. The van der Waals surface area contributed by atoms with E-state index in [1.165, 1.54) is 5.56 Å². The van der Waals surface area contributed by atoms with Crippen LogP contribution >= 0.6 is 0 Å². The van der Waals surface area contributed by atoms with Gasteiger partial charge in [0.15, 0.2) is 0 Å². The van der Waals surface area contributed by atoms with Crippen LogP contribution in [0.3, 0.4) is 0 Å². The fourth-order valence-corrected chi connectivity index (χ4v) is 2.80. The number of hydrazone groups is 1. The summed E-state index contributed by atoms with van der Waals surface area (Å²) in [6.45, 7) is 12.0. The van der Waals surface area contributed by atoms with Crippen LogP contribution in [0.15, 0.2) is 23.4 Å². The lowest BCUT2D eigenvalue weighted by Gasteiger charge is -2.11. The SMILES string of the molecule is CC.CCC[C@@H](C/C(=N/N)NN)C(=O)O.Cc1ccc(-c2c(C)nn(C)c2C)nc1. The molecule has 0 spiro atoms. The largest absolute Gasteiger partial charge is 0.481 e. The van der Waals surface area contributed by atoms with Gasteiger partial charge in [0.05, 0.1) is 17.3 Å². The molecule has 0 radical (unpaired) electrons. The summed E-state index contributed by atoms with van der Waals surface area (Å²) in [6.07, 6.45) is 3.53. The van der Waals surface area contributed by atoms with Gasteiger partial charge in [-0.1, -0.05) is 33.3 Å². The van der Waals surface area contributed by atoms with Gasteiger partial charge in [0.25, 0.3) is 0 Å². The number of aromatic nitrogens is 3. The summed E-state index contributed by atoms with van der Waals surface area (Å²) in [5, 5.41) is 16.5. The lowest BCUT2D eigenvalue weighted by atomic mass is 10.00. The number of aliphatic carboxylic acids is 1. The van der Waals surface area contributed by atoms with Gasteiger partial charge in [0.1, 0.15) is 5.84 Å². The van der Waals surface area contributed by atoms with Gasteiger partial charge in [-0.15, -0.1) is 0 Å². The van der Waals surface area contributed by atoms with Crippen molar-refractivity contribution in [2.45, 2.75) is 60.8 Å². The Kier molecular flexibility index (Phi) is 12.7. The molecule has 2 rings (SSSR count). The molecule has 1 atom stereocenters. The third-order valence-corrected chi connectivity index (χ3v) is 4.43. The third-order valence-electron chi connectivity index (χ3n) is 4.43. The number of carbonyl (C=O) groups is 1. The van der Waals surface area contributed by atoms with E-state index in [1.807, 2.05) is 58.6 Å². The molecule has 0 saturated heterocycles. The van der Waals surface area contributed by atoms with Gasteiger partial charge in [-0.05, 0) is 38.8 Å². The average molecular weight is 420 g/mol. The maximum atomic E-state index is 10.7. The first-order valence-electron chi connectivity index (χ1n) is 10.1. The van der Waals surface area contributed by atoms with E-state index in [9.17, 15) is 4.79 Å². The quantitative estimate of drug-likeness (QED) is 0.244. The molecule has 0 fully saturated rings. The maximum Gasteiger partial charge on any atom is 0.306 e. The van der Waals surface area contributed by atoms with E-state index in [0.29, 0.717) is 12.3 Å². The van der Waals surface area contributed by atoms with Gasteiger partial charge in [-0.3, -0.25) is 14.5 Å². The van der Waals surface area contributed by atoms with Gasteiger partial charge in [-0.2, -0.15) is 10.2 Å². The molecule has 0 aliphatic carbocycles. The molecule has 0 amide bonds. The van der Waals surface area contributed by atoms with Crippen LogP contribution < -0.4 is 17.1 Å². The van der Waals surface area contributed by atoms with Crippen LogP contribution in [0.2, 0.25) is 0 Å². The first-order valence-corrected chi connectivity index (χ1v) is 10.1. The van der Waals surface area contributed by atoms with Crippen molar-refractivity contribution in [3.8, 4) is 11.3 Å². The molecule has 0 aliphatic rings. The highest BCUT2D eigenvalue weighted by atomic mass is 16.4. The monoisotopic (exact) mass is 419 g/mol. The number of hydrogen-bond acceptors (Lipinski definition) is 6. The summed E-state index contributed by atoms with van der Waals surface area (Å²) in [4.78, 5) is 15.1. The zero-order valence-electron chi connectivity index (χ0n) is 19.2. The van der Waals surface area contributed by atoms with Gasteiger partial charge < -0.3 is 16.4 Å². The Labute approximate surface area is 179 Å². The Bertz CT molecular complexity index is 798. The average Bonchev–Trinajstić information content (AvgIpc) is 2.99. The molecule has 9 heteroatoms. The third kappa shape index (κ3) is 8.20. The number of carboxylic acid groups (broad SMARTS) is 1. The lowest BCUT2D eigenvalue weighted by Crippen LogP contribution is -2.34. The second-order valence-electron chi connectivity index (χ2n) is 6.64. The molecule has 6 N–H and O–H groups in total. The van der Waals surface area contributed by atoms with Gasteiger partial charge >= 0.3 is 5.97 Å². The molecule has 0 aromatic carbocycles. The van der Waals surface area contributed by atoms with E-state index in [4.69, 9.17) is 16.8 Å². The summed E-state index contributed by atoms with van der Waals surface area (Å²) < 4.78 is 1.90. The lowest BCUT2D eigenvalue weighted by molar-refractivity contribution is -0.141. The Hall–Kier alpha value is -2.94. The summed E-state index contributed by atoms with van der Waals surface area (Å²) in [6, 6.07) is 4.13. The highest BCUT2D eigenvalue weighted by Crippen LogP contribution is 2.24. The fraction of sp³-hybridized carbons (Fsp3) is 0.524. The van der Waals surface area contributed by atoms with Crippen LogP contribution in [0.4, 0.5) is 0 Å². The number of hydrazine groups is 1. The standard InChI is InChI=1S/C12H15N3.C7H16N4O2.C2H6/c1-8-5-6-11(13-7-8)12-9(2)14-15(4)10(12)3;1-2-3-5(7(12)13)4-6(10-8)11-9;1-2/h5-7H,1-4H3;5H,2-4,8-9H2,1H3,(H,10,11)(H,12,13);1-2H3/t;5-;/m.0./s1. The number of hydrogen-bond donors (Lipinski definition) is 4. The normalized spacial score (nSPS) is 11.5. The van der Waals surface area contributed by atoms with Crippen LogP contribution in [0.25, 0.3) is 11.3 Å². The Balaban J connectivity index is 0.000000524. The predicted molar refractivity (Wildman–Crippen MR) is 122 cm³/mol. The number of carboxylic acids is 1. The molecular formula is C21H37N7O2. The van der Waals surface area contributed by atoms with Crippen molar-refractivity contribution in [2.75, 3.05) is 0 Å². The van der Waals surface area contributed by atoms with Crippen LogP contribution in [0, 0.1) is 26.7 Å². The fourth-order valence-electron chi connectivity index (χ4n) is 2.80. The molecule has 0 unspecified atom stereocenters. The number of aryl methyl sites for hydroxylation is 3. The van der Waals surface area contributed by atoms with E-state index in [0.717, 1.165) is 29.1 Å². The highest BCUT2D eigenvalue weighted by Gasteiger charge is 2.18. The summed E-state index contributed by atoms with van der Waals surface area (Å²) in [5.41, 5.74) is 7.78. The van der Waals surface area contributed by atoms with Crippen LogP contribution in [-0.2, 0) is 11.8 Å². The van der Waals surface area contributed by atoms with Crippen molar-refractivity contribution >= 4 is 11.8 Å². The number of pyridine rings is 1. The minimum Gasteiger partial charge on any atom is -0.481 e. The smallest absolute Gasteiger partial charge is 0.306 e. The molecule has 0 bridgehead atoms. The van der Waals surface area contributed by atoms with Gasteiger partial charge in [-0.25, -0.2) is 5.84 Å². The van der Waals surface area contributed by atoms with Crippen molar-refractivity contribution in [3.63, 3.8) is 0 Å². The van der Waals surface area contributed by atoms with Crippen molar-refractivity contribution in [1.29, 1.82) is 0 Å². The van der Waals surface area contributed by atoms with Crippen LogP contribution in [0.5, 0.6) is 0 Å². The van der Waals surface area contributed by atoms with Crippen molar-refractivity contribution < 1.29 is 9.90 Å². The molecule has 2 aromatic heterocycles. The maximum absolute atomic E-state index is 10.7. The first kappa shape index (κ1) is 27.1. The summed E-state index contributed by atoms with van der Waals surface area (Å²) in [7, 11) is 1.96. The van der Waals surface area contributed by atoms with E-state index in [1.54, 1.807) is 0 Å². The molecule has 0 aliphatic heterocycles. The molecule has 2 aromatic rings.